The summed E-state index contributed by atoms with van der Waals surface area (Å²) in [4.78, 5) is 13.1. The fraction of sp³-hybridized carbons (Fsp3) is 0.533. The van der Waals surface area contributed by atoms with Crippen LogP contribution in [0.3, 0.4) is 0 Å². The molecule has 1 fully saturated rings. The zero-order chi connectivity index (χ0) is 15.4. The Balaban J connectivity index is 2.19. The van der Waals surface area contributed by atoms with Gasteiger partial charge < -0.3 is 19.3 Å². The van der Waals surface area contributed by atoms with Crippen molar-refractivity contribution in [2.24, 2.45) is 5.92 Å². The highest BCUT2D eigenvalue weighted by atomic mass is 16.5. The second-order valence-corrected chi connectivity index (χ2v) is 5.05. The van der Waals surface area contributed by atoms with Gasteiger partial charge in [-0.3, -0.25) is 9.69 Å². The van der Waals surface area contributed by atoms with Crippen LogP contribution in [0.15, 0.2) is 12.1 Å². The fourth-order valence-corrected chi connectivity index (χ4v) is 2.71. The maximum atomic E-state index is 11.0. The molecule has 6 heteroatoms. The van der Waals surface area contributed by atoms with Crippen molar-refractivity contribution in [1.29, 1.82) is 0 Å². The number of hydrogen-bond acceptors (Lipinski definition) is 5. The average Bonchev–Trinajstić information content (AvgIpc) is 2.95. The summed E-state index contributed by atoms with van der Waals surface area (Å²) in [6.45, 7) is 1.97. The van der Waals surface area contributed by atoms with Crippen LogP contribution in [0.5, 0.6) is 17.2 Å². The Bertz CT molecular complexity index is 517. The first kappa shape index (κ1) is 15.4. The normalized spacial score (nSPS) is 18.5. The Morgan fingerprint density at radius 3 is 2.48 bits per heavy atom. The number of rotatable bonds is 6. The van der Waals surface area contributed by atoms with E-state index in [1.807, 2.05) is 12.1 Å². The van der Waals surface area contributed by atoms with E-state index >= 15 is 0 Å². The van der Waals surface area contributed by atoms with Crippen molar-refractivity contribution in [2.75, 3.05) is 34.4 Å². The molecular formula is C15H21NO5. The number of likely N-dealkylation sites (tertiary alicyclic amines) is 1. The van der Waals surface area contributed by atoms with E-state index in [4.69, 9.17) is 19.3 Å². The number of carboxylic acids is 1. The minimum Gasteiger partial charge on any atom is -0.493 e. The van der Waals surface area contributed by atoms with Gasteiger partial charge in [-0.1, -0.05) is 6.07 Å². The van der Waals surface area contributed by atoms with Gasteiger partial charge >= 0.3 is 5.97 Å². The fourth-order valence-electron chi connectivity index (χ4n) is 2.71. The molecule has 1 heterocycles. The predicted molar refractivity (Wildman–Crippen MR) is 77.1 cm³/mol. The molecule has 0 spiro atoms. The van der Waals surface area contributed by atoms with Gasteiger partial charge in [0.05, 0.1) is 27.2 Å². The zero-order valence-electron chi connectivity index (χ0n) is 12.6. The third kappa shape index (κ3) is 3.21. The maximum Gasteiger partial charge on any atom is 0.307 e. The van der Waals surface area contributed by atoms with Crippen LogP contribution in [0.2, 0.25) is 0 Å². The molecule has 6 nitrogen and oxygen atoms in total. The summed E-state index contributed by atoms with van der Waals surface area (Å²) >= 11 is 0. The molecule has 1 aliphatic heterocycles. The van der Waals surface area contributed by atoms with E-state index in [1.54, 1.807) is 21.3 Å². The molecule has 0 saturated carbocycles. The van der Waals surface area contributed by atoms with Gasteiger partial charge in [0.1, 0.15) is 0 Å². The molecule has 2 rings (SSSR count). The molecule has 1 atom stereocenters. The van der Waals surface area contributed by atoms with Gasteiger partial charge in [0.25, 0.3) is 0 Å². The van der Waals surface area contributed by atoms with Gasteiger partial charge in [-0.25, -0.2) is 0 Å². The topological polar surface area (TPSA) is 68.2 Å². The van der Waals surface area contributed by atoms with E-state index in [0.29, 0.717) is 36.8 Å². The lowest BCUT2D eigenvalue weighted by atomic mass is 10.1. The third-order valence-corrected chi connectivity index (χ3v) is 3.80. The Kier molecular flexibility index (Phi) is 4.90. The van der Waals surface area contributed by atoms with Gasteiger partial charge in [-0.05, 0) is 19.0 Å². The first-order valence-corrected chi connectivity index (χ1v) is 6.83. The van der Waals surface area contributed by atoms with E-state index in [2.05, 4.69) is 4.90 Å². The summed E-state index contributed by atoms with van der Waals surface area (Å²) in [6, 6.07) is 3.76. The molecule has 1 unspecified atom stereocenters. The second kappa shape index (κ2) is 6.67. The minimum absolute atomic E-state index is 0.281. The standard InChI is InChI=1S/C15H21NO5/c1-19-12-5-4-10(13(20-2)14(12)21-3)8-16-7-6-11(9-16)15(17)18/h4-5,11H,6-9H2,1-3H3,(H,17,18). The highest BCUT2D eigenvalue weighted by Gasteiger charge is 2.29. The lowest BCUT2D eigenvalue weighted by Crippen LogP contribution is -2.23. The number of benzene rings is 1. The largest absolute Gasteiger partial charge is 0.493 e. The Morgan fingerprint density at radius 1 is 1.24 bits per heavy atom. The number of carbonyl (C=O) groups is 1. The predicted octanol–water partition coefficient (Wildman–Crippen LogP) is 1.62. The molecule has 116 valence electrons. The molecule has 0 radical (unpaired) electrons. The van der Waals surface area contributed by atoms with E-state index < -0.39 is 5.97 Å². The first-order valence-electron chi connectivity index (χ1n) is 6.83. The number of carboxylic acid groups (broad SMARTS) is 1. The SMILES string of the molecule is COc1ccc(CN2CCC(C(=O)O)C2)c(OC)c1OC. The summed E-state index contributed by atoms with van der Waals surface area (Å²) in [7, 11) is 4.74. The van der Waals surface area contributed by atoms with Crippen molar-refractivity contribution in [1.82, 2.24) is 4.90 Å². The third-order valence-electron chi connectivity index (χ3n) is 3.80. The van der Waals surface area contributed by atoms with Crippen LogP contribution in [0.1, 0.15) is 12.0 Å². The number of aliphatic carboxylic acids is 1. The van der Waals surface area contributed by atoms with Gasteiger partial charge in [0.2, 0.25) is 5.75 Å². The smallest absolute Gasteiger partial charge is 0.307 e. The Labute approximate surface area is 124 Å². The van der Waals surface area contributed by atoms with Crippen LogP contribution in [-0.4, -0.2) is 50.4 Å². The van der Waals surface area contributed by atoms with E-state index in [0.717, 1.165) is 12.1 Å². The summed E-state index contributed by atoms with van der Waals surface area (Å²) in [5.41, 5.74) is 0.959. The van der Waals surface area contributed by atoms with Gasteiger partial charge in [-0.2, -0.15) is 0 Å². The van der Waals surface area contributed by atoms with E-state index in [9.17, 15) is 4.79 Å². The van der Waals surface area contributed by atoms with Crippen molar-refractivity contribution in [2.45, 2.75) is 13.0 Å². The van der Waals surface area contributed by atoms with Crippen LogP contribution in [0.4, 0.5) is 0 Å². The summed E-state index contributed by atoms with van der Waals surface area (Å²) < 4.78 is 16.1. The van der Waals surface area contributed by atoms with Gasteiger partial charge in [0.15, 0.2) is 11.5 Å². The molecular weight excluding hydrogens is 274 g/mol. The van der Waals surface area contributed by atoms with Gasteiger partial charge in [0, 0.05) is 18.7 Å². The molecule has 0 bridgehead atoms. The van der Waals surface area contributed by atoms with Crippen LogP contribution >= 0.6 is 0 Å². The van der Waals surface area contributed by atoms with Crippen molar-refractivity contribution in [3.63, 3.8) is 0 Å². The van der Waals surface area contributed by atoms with Crippen LogP contribution in [-0.2, 0) is 11.3 Å². The molecule has 1 aromatic carbocycles. The molecule has 0 aromatic heterocycles. The highest BCUT2D eigenvalue weighted by Crippen LogP contribution is 2.40. The van der Waals surface area contributed by atoms with Crippen molar-refractivity contribution < 1.29 is 24.1 Å². The molecule has 1 N–H and O–H groups in total. The Morgan fingerprint density at radius 2 is 1.95 bits per heavy atom. The second-order valence-electron chi connectivity index (χ2n) is 5.05. The molecule has 21 heavy (non-hydrogen) atoms. The Hall–Kier alpha value is -1.95. The highest BCUT2D eigenvalue weighted by molar-refractivity contribution is 5.70. The van der Waals surface area contributed by atoms with Crippen LogP contribution < -0.4 is 14.2 Å². The molecule has 1 aliphatic rings. The average molecular weight is 295 g/mol. The van der Waals surface area contributed by atoms with E-state index in [1.165, 1.54) is 0 Å². The van der Waals surface area contributed by atoms with Crippen molar-refractivity contribution in [3.05, 3.63) is 17.7 Å². The van der Waals surface area contributed by atoms with Gasteiger partial charge in [-0.15, -0.1) is 0 Å². The molecule has 1 aromatic rings. The summed E-state index contributed by atoms with van der Waals surface area (Å²) in [5.74, 6) is 0.804. The maximum absolute atomic E-state index is 11.0. The summed E-state index contributed by atoms with van der Waals surface area (Å²) in [5, 5.41) is 9.06. The molecule has 0 amide bonds. The van der Waals surface area contributed by atoms with Crippen molar-refractivity contribution >= 4 is 5.97 Å². The first-order chi connectivity index (χ1) is 10.1. The zero-order valence-corrected chi connectivity index (χ0v) is 12.6. The lowest BCUT2D eigenvalue weighted by Gasteiger charge is -2.20. The van der Waals surface area contributed by atoms with Crippen molar-refractivity contribution in [3.8, 4) is 17.2 Å². The minimum atomic E-state index is -0.725. The van der Waals surface area contributed by atoms with E-state index in [-0.39, 0.29) is 5.92 Å². The monoisotopic (exact) mass is 295 g/mol. The van der Waals surface area contributed by atoms with Crippen LogP contribution in [0.25, 0.3) is 0 Å². The lowest BCUT2D eigenvalue weighted by molar-refractivity contribution is -0.141. The quantitative estimate of drug-likeness (QED) is 0.860. The molecule has 0 aliphatic carbocycles. The van der Waals surface area contributed by atoms with Crippen LogP contribution in [0, 0.1) is 5.92 Å². The number of hydrogen-bond donors (Lipinski definition) is 1. The summed E-state index contributed by atoms with van der Waals surface area (Å²) in [6.07, 6.45) is 0.685. The number of ether oxygens (including phenoxy) is 3. The number of nitrogens with zero attached hydrogens (tertiary/aromatic N) is 1. The molecule has 1 saturated heterocycles. The number of methoxy groups -OCH3 is 3.